The highest BCUT2D eigenvalue weighted by atomic mass is 16.5. The molecule has 5 heteroatoms. The first kappa shape index (κ1) is 10.0. The van der Waals surface area contributed by atoms with Gasteiger partial charge in [-0.25, -0.2) is 0 Å². The van der Waals surface area contributed by atoms with Gasteiger partial charge in [-0.3, -0.25) is 0 Å². The van der Waals surface area contributed by atoms with E-state index in [-0.39, 0.29) is 0 Å². The van der Waals surface area contributed by atoms with Crippen LogP contribution in [0.1, 0.15) is 5.82 Å². The second-order valence-electron chi connectivity index (χ2n) is 3.70. The number of nitrogens with one attached hydrogen (secondary N) is 1. The fourth-order valence-electron chi connectivity index (χ4n) is 1.81. The fraction of sp³-hybridized carbons (Fsp3) is 0.167. The number of aromatic nitrogens is 3. The Kier molecular flexibility index (Phi) is 2.38. The smallest absolute Gasteiger partial charge is 0.260 e. The molecule has 0 saturated carbocycles. The number of rotatable bonds is 3. The van der Waals surface area contributed by atoms with Gasteiger partial charge in [0.1, 0.15) is 6.61 Å². The van der Waals surface area contributed by atoms with Crippen LogP contribution >= 0.6 is 0 Å². The molecule has 2 heterocycles. The van der Waals surface area contributed by atoms with Crippen LogP contribution in [-0.2, 0) is 11.3 Å². The number of benzene rings is 1. The molecule has 86 valence electrons. The van der Waals surface area contributed by atoms with E-state index in [9.17, 15) is 0 Å². The number of aromatic amines is 1. The van der Waals surface area contributed by atoms with E-state index in [4.69, 9.17) is 9.26 Å². The van der Waals surface area contributed by atoms with Crippen molar-refractivity contribution in [2.75, 3.05) is 7.11 Å². The first-order valence-corrected chi connectivity index (χ1v) is 5.26. The van der Waals surface area contributed by atoms with Crippen LogP contribution in [0.4, 0.5) is 0 Å². The average molecular weight is 229 g/mol. The van der Waals surface area contributed by atoms with E-state index in [0.717, 1.165) is 16.5 Å². The van der Waals surface area contributed by atoms with Crippen molar-refractivity contribution in [3.05, 3.63) is 36.3 Å². The number of para-hydroxylation sites is 1. The first-order valence-electron chi connectivity index (χ1n) is 5.26. The molecule has 5 nitrogen and oxygen atoms in total. The van der Waals surface area contributed by atoms with Gasteiger partial charge >= 0.3 is 0 Å². The molecule has 0 atom stereocenters. The minimum atomic E-state index is 0.351. The lowest BCUT2D eigenvalue weighted by Crippen LogP contribution is -1.89. The summed E-state index contributed by atoms with van der Waals surface area (Å²) < 4.78 is 10.2. The average Bonchev–Trinajstić information content (AvgIpc) is 2.96. The minimum Gasteiger partial charge on any atom is -0.377 e. The van der Waals surface area contributed by atoms with Crippen molar-refractivity contribution in [1.82, 2.24) is 15.1 Å². The van der Waals surface area contributed by atoms with Crippen molar-refractivity contribution < 1.29 is 9.26 Å². The Labute approximate surface area is 97.4 Å². The summed E-state index contributed by atoms with van der Waals surface area (Å²) in [5, 5.41) is 4.97. The maximum Gasteiger partial charge on any atom is 0.260 e. The summed E-state index contributed by atoms with van der Waals surface area (Å²) in [7, 11) is 1.60. The van der Waals surface area contributed by atoms with Gasteiger partial charge in [-0.1, -0.05) is 17.3 Å². The van der Waals surface area contributed by atoms with Gasteiger partial charge in [0.05, 0.1) is 11.1 Å². The van der Waals surface area contributed by atoms with Crippen LogP contribution < -0.4 is 0 Å². The van der Waals surface area contributed by atoms with E-state index in [1.807, 2.05) is 30.5 Å². The molecule has 17 heavy (non-hydrogen) atoms. The summed E-state index contributed by atoms with van der Waals surface area (Å²) in [6.07, 6.45) is 1.89. The second-order valence-corrected chi connectivity index (χ2v) is 3.70. The summed E-state index contributed by atoms with van der Waals surface area (Å²) in [6.45, 7) is 0.351. The lowest BCUT2D eigenvalue weighted by atomic mass is 10.1. The Balaban J connectivity index is 2.10. The largest absolute Gasteiger partial charge is 0.377 e. The zero-order chi connectivity index (χ0) is 11.7. The van der Waals surface area contributed by atoms with E-state index < -0.39 is 0 Å². The summed E-state index contributed by atoms with van der Waals surface area (Å²) in [5.74, 6) is 1.05. The predicted octanol–water partition coefficient (Wildman–Crippen LogP) is 2.36. The normalized spacial score (nSPS) is 11.1. The SMILES string of the molecule is COCc1noc(-c2cccc3cc[nH]c23)n1. The molecule has 0 aliphatic heterocycles. The van der Waals surface area contributed by atoms with Gasteiger partial charge in [0, 0.05) is 18.7 Å². The van der Waals surface area contributed by atoms with Crippen LogP contribution in [0.3, 0.4) is 0 Å². The van der Waals surface area contributed by atoms with Gasteiger partial charge in [-0.15, -0.1) is 0 Å². The third kappa shape index (κ3) is 1.70. The molecule has 0 aliphatic rings. The van der Waals surface area contributed by atoms with E-state index >= 15 is 0 Å². The van der Waals surface area contributed by atoms with Gasteiger partial charge in [0.25, 0.3) is 5.89 Å². The number of methoxy groups -OCH3 is 1. The second kappa shape index (κ2) is 4.03. The standard InChI is InChI=1S/C12H11N3O2/c1-16-7-10-14-12(17-15-10)9-4-2-3-8-5-6-13-11(8)9/h2-6,13H,7H2,1H3. The lowest BCUT2D eigenvalue weighted by Gasteiger charge is -1.96. The van der Waals surface area contributed by atoms with E-state index in [2.05, 4.69) is 15.1 Å². The van der Waals surface area contributed by atoms with Crippen LogP contribution in [0.15, 0.2) is 35.0 Å². The van der Waals surface area contributed by atoms with Gasteiger partial charge in [0.15, 0.2) is 5.82 Å². The highest BCUT2D eigenvalue weighted by molar-refractivity contribution is 5.91. The van der Waals surface area contributed by atoms with Crippen LogP contribution in [0, 0.1) is 0 Å². The zero-order valence-electron chi connectivity index (χ0n) is 9.30. The number of ether oxygens (including phenoxy) is 1. The molecule has 2 aromatic heterocycles. The first-order chi connectivity index (χ1) is 8.38. The van der Waals surface area contributed by atoms with E-state index in [0.29, 0.717) is 18.3 Å². The lowest BCUT2D eigenvalue weighted by molar-refractivity contribution is 0.174. The van der Waals surface area contributed by atoms with E-state index in [1.165, 1.54) is 0 Å². The molecule has 0 bridgehead atoms. The third-order valence-electron chi connectivity index (χ3n) is 2.56. The number of H-pyrrole nitrogens is 1. The molecule has 0 saturated heterocycles. The topological polar surface area (TPSA) is 63.9 Å². The molecule has 1 N–H and O–H groups in total. The molecule has 0 aliphatic carbocycles. The molecular weight excluding hydrogens is 218 g/mol. The number of fused-ring (bicyclic) bond motifs is 1. The van der Waals surface area contributed by atoms with Crippen molar-refractivity contribution in [2.45, 2.75) is 6.61 Å². The Morgan fingerprint density at radius 2 is 2.29 bits per heavy atom. The Bertz CT molecular complexity index is 642. The van der Waals surface area contributed by atoms with E-state index in [1.54, 1.807) is 7.11 Å². The zero-order valence-corrected chi connectivity index (χ0v) is 9.30. The maximum absolute atomic E-state index is 5.22. The van der Waals surface area contributed by atoms with Crippen LogP contribution in [0.5, 0.6) is 0 Å². The van der Waals surface area contributed by atoms with Crippen LogP contribution in [-0.4, -0.2) is 22.2 Å². The predicted molar refractivity (Wildman–Crippen MR) is 62.3 cm³/mol. The molecule has 0 spiro atoms. The van der Waals surface area contributed by atoms with Crippen molar-refractivity contribution in [2.24, 2.45) is 0 Å². The fourth-order valence-corrected chi connectivity index (χ4v) is 1.81. The summed E-state index contributed by atoms with van der Waals surface area (Å²) in [4.78, 5) is 7.45. The number of hydrogen-bond acceptors (Lipinski definition) is 4. The molecule has 0 amide bonds. The van der Waals surface area contributed by atoms with Gasteiger partial charge in [-0.2, -0.15) is 4.98 Å². The van der Waals surface area contributed by atoms with Crippen molar-refractivity contribution >= 4 is 10.9 Å². The van der Waals surface area contributed by atoms with Crippen LogP contribution in [0.25, 0.3) is 22.4 Å². The molecule has 3 aromatic rings. The van der Waals surface area contributed by atoms with Gasteiger partial charge in [-0.05, 0) is 12.1 Å². The van der Waals surface area contributed by atoms with Crippen molar-refractivity contribution in [3.8, 4) is 11.5 Å². The van der Waals surface area contributed by atoms with Crippen molar-refractivity contribution in [1.29, 1.82) is 0 Å². The van der Waals surface area contributed by atoms with Crippen molar-refractivity contribution in [3.63, 3.8) is 0 Å². The Morgan fingerprint density at radius 3 is 3.18 bits per heavy atom. The number of nitrogens with zero attached hydrogens (tertiary/aromatic N) is 2. The Morgan fingerprint density at radius 1 is 1.35 bits per heavy atom. The summed E-state index contributed by atoms with van der Waals surface area (Å²) in [6, 6.07) is 7.95. The monoisotopic (exact) mass is 229 g/mol. The highest BCUT2D eigenvalue weighted by Crippen LogP contribution is 2.26. The minimum absolute atomic E-state index is 0.351. The van der Waals surface area contributed by atoms with Gasteiger partial charge < -0.3 is 14.2 Å². The molecule has 0 radical (unpaired) electrons. The molecule has 1 aromatic carbocycles. The maximum atomic E-state index is 5.22. The Hall–Kier alpha value is -2.14. The molecule has 0 fully saturated rings. The third-order valence-corrected chi connectivity index (χ3v) is 2.56. The van der Waals surface area contributed by atoms with Gasteiger partial charge in [0.2, 0.25) is 0 Å². The van der Waals surface area contributed by atoms with Crippen LogP contribution in [0.2, 0.25) is 0 Å². The quantitative estimate of drug-likeness (QED) is 0.748. The molecular formula is C12H11N3O2. The molecule has 0 unspecified atom stereocenters. The summed E-state index contributed by atoms with van der Waals surface area (Å²) in [5.41, 5.74) is 1.91. The highest BCUT2D eigenvalue weighted by Gasteiger charge is 2.12. The number of hydrogen-bond donors (Lipinski definition) is 1. The summed E-state index contributed by atoms with van der Waals surface area (Å²) >= 11 is 0. The molecule has 3 rings (SSSR count).